The van der Waals surface area contributed by atoms with E-state index < -0.39 is 0 Å². The molecule has 2 N–H and O–H groups in total. The third kappa shape index (κ3) is 5.82. The van der Waals surface area contributed by atoms with Gasteiger partial charge in [0.25, 0.3) is 0 Å². The maximum Gasteiger partial charge on any atom is 0.321 e. The topological polar surface area (TPSA) is 55.6 Å². The van der Waals surface area contributed by atoms with Crippen LogP contribution < -0.4 is 5.84 Å². The van der Waals surface area contributed by atoms with E-state index >= 15 is 0 Å². The zero-order valence-corrected chi connectivity index (χ0v) is 7.17. The molecule has 0 spiro atoms. The van der Waals surface area contributed by atoms with Crippen LogP contribution in [0, 0.1) is 0 Å². The van der Waals surface area contributed by atoms with Crippen LogP contribution in [0.2, 0.25) is 0 Å². The van der Waals surface area contributed by atoms with Gasteiger partial charge in [-0.15, -0.1) is 0 Å². The summed E-state index contributed by atoms with van der Waals surface area (Å²) >= 11 is 0. The second-order valence-electron chi connectivity index (χ2n) is 2.28. The molecule has 0 fully saturated rings. The molecule has 66 valence electrons. The molecule has 0 saturated carbocycles. The number of hydrogen-bond acceptors (Lipinski definition) is 4. The highest BCUT2D eigenvalue weighted by Gasteiger charge is 2.05. The van der Waals surface area contributed by atoms with E-state index in [1.54, 1.807) is 6.92 Å². The van der Waals surface area contributed by atoms with Gasteiger partial charge in [0.05, 0.1) is 6.61 Å². The highest BCUT2D eigenvalue weighted by Crippen LogP contribution is 1.84. The number of carbonyl (C=O) groups excluding carboxylic acids is 1. The van der Waals surface area contributed by atoms with Gasteiger partial charge in [0.2, 0.25) is 0 Å². The van der Waals surface area contributed by atoms with E-state index in [0.29, 0.717) is 6.61 Å². The number of esters is 1. The van der Waals surface area contributed by atoms with Crippen LogP contribution in [0.1, 0.15) is 20.3 Å². The van der Waals surface area contributed by atoms with E-state index in [9.17, 15) is 4.79 Å². The molecule has 0 aliphatic heterocycles. The van der Waals surface area contributed by atoms with Crippen molar-refractivity contribution in [2.24, 2.45) is 5.84 Å². The van der Waals surface area contributed by atoms with Crippen molar-refractivity contribution in [3.05, 3.63) is 0 Å². The van der Waals surface area contributed by atoms with E-state index in [1.165, 1.54) is 5.01 Å². The molecule has 4 nitrogen and oxygen atoms in total. The minimum atomic E-state index is -0.261. The normalized spacial score (nSPS) is 10.2. The number of rotatable bonds is 5. The Labute approximate surface area is 67.3 Å². The molecule has 0 aromatic rings. The molecule has 0 aliphatic rings. The van der Waals surface area contributed by atoms with Crippen LogP contribution in [0.3, 0.4) is 0 Å². The number of ether oxygens (including phenoxy) is 1. The minimum absolute atomic E-state index is 0.182. The lowest BCUT2D eigenvalue weighted by Gasteiger charge is -2.13. The van der Waals surface area contributed by atoms with Gasteiger partial charge >= 0.3 is 5.97 Å². The molecular weight excluding hydrogens is 144 g/mol. The summed E-state index contributed by atoms with van der Waals surface area (Å²) in [5.41, 5.74) is 0. The molecule has 4 heteroatoms. The molecule has 0 unspecified atom stereocenters. The monoisotopic (exact) mass is 160 g/mol. The largest absolute Gasteiger partial charge is 0.465 e. The van der Waals surface area contributed by atoms with Gasteiger partial charge in [-0.05, 0) is 13.3 Å². The molecule has 0 aromatic heterocycles. The molecule has 0 aromatic carbocycles. The van der Waals surface area contributed by atoms with Crippen LogP contribution in [-0.4, -0.2) is 30.7 Å². The molecule has 0 bridgehead atoms. The Morgan fingerprint density at radius 2 is 2.18 bits per heavy atom. The molecule has 0 amide bonds. The summed E-state index contributed by atoms with van der Waals surface area (Å²) in [5.74, 6) is 5.19. The van der Waals surface area contributed by atoms with E-state index in [2.05, 4.69) is 0 Å². The van der Waals surface area contributed by atoms with Crippen molar-refractivity contribution in [3.63, 3.8) is 0 Å². The lowest BCUT2D eigenvalue weighted by molar-refractivity contribution is -0.144. The second-order valence-corrected chi connectivity index (χ2v) is 2.28. The molecule has 0 rings (SSSR count). The average Bonchev–Trinajstić information content (AvgIpc) is 1.87. The van der Waals surface area contributed by atoms with Crippen LogP contribution in [0.25, 0.3) is 0 Å². The van der Waals surface area contributed by atoms with Crippen LogP contribution in [-0.2, 0) is 9.53 Å². The van der Waals surface area contributed by atoms with Crippen LogP contribution in [0.5, 0.6) is 0 Å². The van der Waals surface area contributed by atoms with Crippen molar-refractivity contribution in [3.8, 4) is 0 Å². The summed E-state index contributed by atoms with van der Waals surface area (Å²) in [4.78, 5) is 10.8. The molecule has 0 heterocycles. The number of nitrogens with zero attached hydrogens (tertiary/aromatic N) is 1. The van der Waals surface area contributed by atoms with Gasteiger partial charge in [-0.1, -0.05) is 6.92 Å². The maximum atomic E-state index is 10.8. The zero-order valence-electron chi connectivity index (χ0n) is 7.17. The van der Waals surface area contributed by atoms with Crippen molar-refractivity contribution in [1.29, 1.82) is 0 Å². The first-order chi connectivity index (χ1) is 5.20. The first kappa shape index (κ1) is 10.4. The van der Waals surface area contributed by atoms with Gasteiger partial charge in [-0.2, -0.15) is 0 Å². The van der Waals surface area contributed by atoms with Gasteiger partial charge in [-0.25, -0.2) is 5.01 Å². The first-order valence-corrected chi connectivity index (χ1v) is 3.86. The lowest BCUT2D eigenvalue weighted by atomic mass is 10.4. The fraction of sp³-hybridized carbons (Fsp3) is 0.857. The molecule has 11 heavy (non-hydrogen) atoms. The number of hydrazine groups is 1. The first-order valence-electron chi connectivity index (χ1n) is 3.86. The summed E-state index contributed by atoms with van der Waals surface area (Å²) in [7, 11) is 0. The average molecular weight is 160 g/mol. The Bertz CT molecular complexity index is 117. The lowest BCUT2D eigenvalue weighted by Crippen LogP contribution is -2.37. The quantitative estimate of drug-likeness (QED) is 0.353. The summed E-state index contributed by atoms with van der Waals surface area (Å²) < 4.78 is 4.70. The molecular formula is C7H16N2O2. The molecule has 0 atom stereocenters. The third-order valence-electron chi connectivity index (χ3n) is 1.15. The van der Waals surface area contributed by atoms with Gasteiger partial charge in [-0.3, -0.25) is 10.6 Å². The van der Waals surface area contributed by atoms with Crippen molar-refractivity contribution in [2.75, 3.05) is 19.7 Å². The fourth-order valence-corrected chi connectivity index (χ4v) is 0.739. The van der Waals surface area contributed by atoms with Crippen molar-refractivity contribution in [2.45, 2.75) is 20.3 Å². The Hall–Kier alpha value is -0.610. The van der Waals surface area contributed by atoms with Crippen molar-refractivity contribution in [1.82, 2.24) is 5.01 Å². The summed E-state index contributed by atoms with van der Waals surface area (Å²) in [6, 6.07) is 0. The van der Waals surface area contributed by atoms with E-state index in [0.717, 1.165) is 13.0 Å². The third-order valence-corrected chi connectivity index (χ3v) is 1.15. The highest BCUT2D eigenvalue weighted by atomic mass is 16.5. The Morgan fingerprint density at radius 1 is 1.55 bits per heavy atom. The SMILES string of the molecule is CCCN(N)CC(=O)OCC. The van der Waals surface area contributed by atoms with Crippen molar-refractivity contribution < 1.29 is 9.53 Å². The van der Waals surface area contributed by atoms with Gasteiger partial charge in [0.1, 0.15) is 6.54 Å². The summed E-state index contributed by atoms with van der Waals surface area (Å²) in [6.45, 7) is 5.10. The summed E-state index contributed by atoms with van der Waals surface area (Å²) in [5, 5.41) is 1.46. The predicted molar refractivity (Wildman–Crippen MR) is 42.7 cm³/mol. The van der Waals surface area contributed by atoms with E-state index in [1.807, 2.05) is 6.92 Å². The number of carbonyl (C=O) groups is 1. The Balaban J connectivity index is 3.40. The minimum Gasteiger partial charge on any atom is -0.465 e. The van der Waals surface area contributed by atoms with Gasteiger partial charge in [0, 0.05) is 6.54 Å². The van der Waals surface area contributed by atoms with Crippen LogP contribution in [0.15, 0.2) is 0 Å². The predicted octanol–water partition coefficient (Wildman–Crippen LogP) is 0.135. The molecule has 0 radical (unpaired) electrons. The molecule has 0 saturated heterocycles. The van der Waals surface area contributed by atoms with E-state index in [4.69, 9.17) is 10.6 Å². The van der Waals surface area contributed by atoms with Gasteiger partial charge in [0.15, 0.2) is 0 Å². The van der Waals surface area contributed by atoms with Crippen LogP contribution >= 0.6 is 0 Å². The Kier molecular flexibility index (Phi) is 5.78. The summed E-state index contributed by atoms with van der Waals surface area (Å²) in [6.07, 6.45) is 0.940. The van der Waals surface area contributed by atoms with E-state index in [-0.39, 0.29) is 12.5 Å². The zero-order chi connectivity index (χ0) is 8.69. The second kappa shape index (κ2) is 6.12. The number of hydrogen-bond donors (Lipinski definition) is 1. The standard InChI is InChI=1S/C7H16N2O2/c1-3-5-9(8)6-7(10)11-4-2/h3-6,8H2,1-2H3. The number of nitrogens with two attached hydrogens (primary N) is 1. The highest BCUT2D eigenvalue weighted by molar-refractivity contribution is 5.71. The van der Waals surface area contributed by atoms with Gasteiger partial charge < -0.3 is 4.74 Å². The smallest absolute Gasteiger partial charge is 0.321 e. The van der Waals surface area contributed by atoms with Crippen LogP contribution in [0.4, 0.5) is 0 Å². The maximum absolute atomic E-state index is 10.8. The van der Waals surface area contributed by atoms with Crippen molar-refractivity contribution >= 4 is 5.97 Å². The molecule has 0 aliphatic carbocycles. The fourth-order valence-electron chi connectivity index (χ4n) is 0.739. The Morgan fingerprint density at radius 3 is 2.64 bits per heavy atom.